The smallest absolute Gasteiger partial charge is 0.164 e. The maximum absolute atomic E-state index is 10.3. The van der Waals surface area contributed by atoms with Crippen molar-refractivity contribution in [3.63, 3.8) is 0 Å². The summed E-state index contributed by atoms with van der Waals surface area (Å²) in [5.41, 5.74) is 3.02. The molecule has 2 rings (SSSR count). The number of ether oxygens (including phenoxy) is 1. The van der Waals surface area contributed by atoms with Crippen molar-refractivity contribution in [3.05, 3.63) is 65.9 Å². The van der Waals surface area contributed by atoms with Crippen molar-refractivity contribution in [2.45, 2.75) is 20.8 Å². The van der Waals surface area contributed by atoms with Gasteiger partial charge in [-0.25, -0.2) is 0 Å². The number of hydrazone groups is 1. The lowest BCUT2D eigenvalue weighted by atomic mass is 10.1. The standard InChI is InChI=1S/C19H23N3O2/c1-5-24-16-9-7-15(8-10-16)19(21-20)22(13(2)3)17-11-6-14(4)12-18(17)23/h6-12,23H,2,5,20H2,1,3-4H3/b21-19-. The molecule has 0 bridgehead atoms. The zero-order valence-electron chi connectivity index (χ0n) is 14.3. The summed E-state index contributed by atoms with van der Waals surface area (Å²) in [6.45, 7) is 10.3. The van der Waals surface area contributed by atoms with Crippen molar-refractivity contribution in [1.29, 1.82) is 0 Å². The molecule has 0 aliphatic carbocycles. The Balaban J connectivity index is 2.46. The Morgan fingerprint density at radius 1 is 1.25 bits per heavy atom. The topological polar surface area (TPSA) is 71.1 Å². The monoisotopic (exact) mass is 325 g/mol. The van der Waals surface area contributed by atoms with E-state index in [0.29, 0.717) is 23.8 Å². The molecule has 2 aromatic carbocycles. The number of phenols is 1. The number of hydrogen-bond acceptors (Lipinski definition) is 4. The molecule has 24 heavy (non-hydrogen) atoms. The van der Waals surface area contributed by atoms with E-state index < -0.39 is 0 Å². The highest BCUT2D eigenvalue weighted by Gasteiger charge is 2.20. The summed E-state index contributed by atoms with van der Waals surface area (Å²) in [5, 5.41) is 14.2. The van der Waals surface area contributed by atoms with Gasteiger partial charge in [0.1, 0.15) is 11.5 Å². The number of rotatable bonds is 5. The van der Waals surface area contributed by atoms with Crippen LogP contribution in [-0.4, -0.2) is 17.5 Å². The maximum atomic E-state index is 10.3. The zero-order valence-corrected chi connectivity index (χ0v) is 14.3. The van der Waals surface area contributed by atoms with Crippen LogP contribution in [0.4, 0.5) is 5.69 Å². The van der Waals surface area contributed by atoms with Crippen molar-refractivity contribution in [2.75, 3.05) is 11.5 Å². The number of hydrogen-bond donors (Lipinski definition) is 2. The summed E-state index contributed by atoms with van der Waals surface area (Å²) in [4.78, 5) is 1.73. The van der Waals surface area contributed by atoms with Crippen LogP contribution in [-0.2, 0) is 0 Å². The van der Waals surface area contributed by atoms with Crippen LogP contribution in [0.15, 0.2) is 59.8 Å². The van der Waals surface area contributed by atoms with E-state index >= 15 is 0 Å². The molecule has 0 unspecified atom stereocenters. The lowest BCUT2D eigenvalue weighted by Crippen LogP contribution is -2.30. The van der Waals surface area contributed by atoms with Gasteiger partial charge in [0.25, 0.3) is 0 Å². The van der Waals surface area contributed by atoms with Crippen molar-refractivity contribution in [1.82, 2.24) is 0 Å². The second-order valence-corrected chi connectivity index (χ2v) is 5.47. The third kappa shape index (κ3) is 3.68. The molecule has 0 saturated carbocycles. The molecule has 0 atom stereocenters. The SMILES string of the molecule is C=C(C)N(/C(=N\N)c1ccc(OCC)cc1)c1ccc(C)cc1O. The second-order valence-electron chi connectivity index (χ2n) is 5.47. The molecule has 3 N–H and O–H groups in total. The number of nitrogens with zero attached hydrogens (tertiary/aromatic N) is 2. The number of allylic oxidation sites excluding steroid dienone is 1. The molecule has 5 nitrogen and oxygen atoms in total. The number of nitrogens with two attached hydrogens (primary N) is 1. The summed E-state index contributed by atoms with van der Waals surface area (Å²) < 4.78 is 5.46. The molecule has 5 heteroatoms. The molecule has 0 spiro atoms. The summed E-state index contributed by atoms with van der Waals surface area (Å²) >= 11 is 0. The highest BCUT2D eigenvalue weighted by molar-refractivity contribution is 6.12. The predicted octanol–water partition coefficient (Wildman–Crippen LogP) is 3.76. The van der Waals surface area contributed by atoms with Crippen LogP contribution in [0.25, 0.3) is 0 Å². The molecule has 0 aromatic heterocycles. The Kier molecular flexibility index (Phi) is 5.47. The third-order valence-corrected chi connectivity index (χ3v) is 3.51. The summed E-state index contributed by atoms with van der Waals surface area (Å²) in [7, 11) is 0. The normalized spacial score (nSPS) is 11.2. The molecule has 0 aliphatic heterocycles. The van der Waals surface area contributed by atoms with Crippen LogP contribution in [0.3, 0.4) is 0 Å². The summed E-state index contributed by atoms with van der Waals surface area (Å²) in [6, 6.07) is 12.9. The number of benzene rings is 2. The zero-order chi connectivity index (χ0) is 17.7. The van der Waals surface area contributed by atoms with Crippen molar-refractivity contribution in [2.24, 2.45) is 10.9 Å². The molecular formula is C19H23N3O2. The van der Waals surface area contributed by atoms with Crippen LogP contribution < -0.4 is 15.5 Å². The van der Waals surface area contributed by atoms with Gasteiger partial charge in [-0.05, 0) is 62.7 Å². The van der Waals surface area contributed by atoms with E-state index in [-0.39, 0.29) is 5.75 Å². The van der Waals surface area contributed by atoms with Gasteiger partial charge in [-0.3, -0.25) is 4.90 Å². The van der Waals surface area contributed by atoms with Gasteiger partial charge in [0.15, 0.2) is 5.84 Å². The number of aromatic hydroxyl groups is 1. The molecule has 2 aromatic rings. The van der Waals surface area contributed by atoms with Crippen molar-refractivity contribution >= 4 is 11.5 Å². The van der Waals surface area contributed by atoms with E-state index in [1.54, 1.807) is 11.0 Å². The largest absolute Gasteiger partial charge is 0.506 e. The maximum Gasteiger partial charge on any atom is 0.164 e. The minimum Gasteiger partial charge on any atom is -0.506 e. The first-order valence-corrected chi connectivity index (χ1v) is 7.74. The molecule has 0 radical (unpaired) electrons. The van der Waals surface area contributed by atoms with Crippen LogP contribution in [0, 0.1) is 6.92 Å². The third-order valence-electron chi connectivity index (χ3n) is 3.51. The molecule has 0 amide bonds. The first-order valence-electron chi connectivity index (χ1n) is 7.74. The highest BCUT2D eigenvalue weighted by Crippen LogP contribution is 2.32. The van der Waals surface area contributed by atoms with Gasteiger partial charge >= 0.3 is 0 Å². The van der Waals surface area contributed by atoms with Crippen LogP contribution in [0.5, 0.6) is 11.5 Å². The number of aryl methyl sites for hydroxylation is 1. The summed E-state index contributed by atoms with van der Waals surface area (Å²) in [5.74, 6) is 7.06. The summed E-state index contributed by atoms with van der Waals surface area (Å²) in [6.07, 6.45) is 0. The Labute approximate surface area is 142 Å². The molecule has 0 saturated heterocycles. The molecule has 126 valence electrons. The Morgan fingerprint density at radius 2 is 1.92 bits per heavy atom. The van der Waals surface area contributed by atoms with E-state index in [9.17, 15) is 5.11 Å². The van der Waals surface area contributed by atoms with E-state index in [1.165, 1.54) is 0 Å². The minimum atomic E-state index is 0.144. The van der Waals surface area contributed by atoms with Gasteiger partial charge in [0.2, 0.25) is 0 Å². The molecule has 0 fully saturated rings. The van der Waals surface area contributed by atoms with E-state index in [0.717, 1.165) is 16.9 Å². The molecule has 0 aliphatic rings. The van der Waals surface area contributed by atoms with Gasteiger partial charge in [-0.2, -0.15) is 5.10 Å². The van der Waals surface area contributed by atoms with Crippen molar-refractivity contribution < 1.29 is 9.84 Å². The van der Waals surface area contributed by atoms with E-state index in [1.807, 2.05) is 57.2 Å². The van der Waals surface area contributed by atoms with Crippen LogP contribution >= 0.6 is 0 Å². The number of phenolic OH excluding ortho intramolecular Hbond substituents is 1. The van der Waals surface area contributed by atoms with Gasteiger partial charge < -0.3 is 15.7 Å². The van der Waals surface area contributed by atoms with E-state index in [2.05, 4.69) is 11.7 Å². The fourth-order valence-corrected chi connectivity index (χ4v) is 2.45. The van der Waals surface area contributed by atoms with Crippen LogP contribution in [0.1, 0.15) is 25.0 Å². The Morgan fingerprint density at radius 3 is 2.42 bits per heavy atom. The first kappa shape index (κ1) is 17.4. The molecule has 0 heterocycles. The fourth-order valence-electron chi connectivity index (χ4n) is 2.45. The Bertz CT molecular complexity index is 752. The van der Waals surface area contributed by atoms with Crippen LogP contribution in [0.2, 0.25) is 0 Å². The first-order chi connectivity index (χ1) is 11.5. The van der Waals surface area contributed by atoms with Gasteiger partial charge in [-0.15, -0.1) is 0 Å². The average Bonchev–Trinajstić information content (AvgIpc) is 2.54. The lowest BCUT2D eigenvalue weighted by Gasteiger charge is -2.27. The Hall–Kier alpha value is -2.95. The van der Waals surface area contributed by atoms with Gasteiger partial charge in [-0.1, -0.05) is 12.6 Å². The fraction of sp³-hybridized carbons (Fsp3) is 0.211. The van der Waals surface area contributed by atoms with Crippen molar-refractivity contribution in [3.8, 4) is 11.5 Å². The average molecular weight is 325 g/mol. The predicted molar refractivity (Wildman–Crippen MR) is 98.5 cm³/mol. The molecular weight excluding hydrogens is 302 g/mol. The highest BCUT2D eigenvalue weighted by atomic mass is 16.5. The second kappa shape index (κ2) is 7.55. The quantitative estimate of drug-likeness (QED) is 0.380. The minimum absolute atomic E-state index is 0.144. The van der Waals surface area contributed by atoms with Gasteiger partial charge in [0.05, 0.1) is 12.3 Å². The number of amidine groups is 1. The lowest BCUT2D eigenvalue weighted by molar-refractivity contribution is 0.340. The van der Waals surface area contributed by atoms with Gasteiger partial charge in [0, 0.05) is 11.3 Å². The van der Waals surface area contributed by atoms with E-state index in [4.69, 9.17) is 10.6 Å². The number of anilines is 1.